The van der Waals surface area contributed by atoms with Crippen molar-refractivity contribution in [3.05, 3.63) is 64.2 Å². The Kier molecular flexibility index (Phi) is 5.90. The van der Waals surface area contributed by atoms with Crippen LogP contribution in [0.3, 0.4) is 0 Å². The third kappa shape index (κ3) is 3.80. The van der Waals surface area contributed by atoms with Gasteiger partial charge < -0.3 is 4.74 Å². The summed E-state index contributed by atoms with van der Waals surface area (Å²) in [5.74, 6) is 7.90. The summed E-state index contributed by atoms with van der Waals surface area (Å²) in [6.45, 7) is 1.71. The molecule has 1 fully saturated rings. The number of hydrogen-bond acceptors (Lipinski definition) is 3. The summed E-state index contributed by atoms with van der Waals surface area (Å²) in [6.07, 6.45) is 4.22. The van der Waals surface area contributed by atoms with Crippen molar-refractivity contribution in [2.24, 2.45) is 11.8 Å². The normalized spacial score (nSPS) is 22.8. The molecule has 0 bridgehead atoms. The monoisotopic (exact) mass is 378 g/mol. The summed E-state index contributed by atoms with van der Waals surface area (Å²) in [7, 11) is 0. The Morgan fingerprint density at radius 1 is 1.20 bits per heavy atom. The fourth-order valence-corrected chi connectivity index (χ4v) is 4.47. The van der Waals surface area contributed by atoms with Crippen molar-refractivity contribution in [3.8, 4) is 5.75 Å². The van der Waals surface area contributed by atoms with Gasteiger partial charge in [-0.05, 0) is 54.0 Å². The maximum absolute atomic E-state index is 6.37. The van der Waals surface area contributed by atoms with Gasteiger partial charge in [-0.1, -0.05) is 41.9 Å². The Bertz CT molecular complexity index is 723. The molecule has 25 heavy (non-hydrogen) atoms. The number of fused-ring (bicyclic) bond motifs is 1. The number of piperidine rings is 1. The van der Waals surface area contributed by atoms with E-state index in [1.807, 2.05) is 11.1 Å². The molecule has 2 heterocycles. The maximum atomic E-state index is 6.37. The summed E-state index contributed by atoms with van der Waals surface area (Å²) in [5, 5.41) is 2.82. The van der Waals surface area contributed by atoms with Gasteiger partial charge in [0.25, 0.3) is 0 Å². The highest BCUT2D eigenvalue weighted by molar-refractivity contribution is 6.30. The van der Waals surface area contributed by atoms with Gasteiger partial charge in [0, 0.05) is 18.0 Å². The average Bonchev–Trinajstić information content (AvgIpc) is 3.04. The molecule has 0 aromatic heterocycles. The highest BCUT2D eigenvalue weighted by Crippen LogP contribution is 2.40. The number of hydrazine groups is 1. The van der Waals surface area contributed by atoms with Crippen LogP contribution in [0.5, 0.6) is 5.75 Å². The molecule has 2 atom stereocenters. The molecule has 2 aromatic rings. The minimum absolute atomic E-state index is 0. The zero-order valence-electron chi connectivity index (χ0n) is 14.2. The predicted octanol–water partition coefficient (Wildman–Crippen LogP) is 4.57. The number of nitrogens with two attached hydrogens (primary N) is 1. The Morgan fingerprint density at radius 2 is 2.00 bits per heavy atom. The molecule has 3 nitrogen and oxygen atoms in total. The molecular formula is C20H24Cl2N2O. The van der Waals surface area contributed by atoms with E-state index < -0.39 is 0 Å². The number of halogens is 2. The van der Waals surface area contributed by atoms with Gasteiger partial charge >= 0.3 is 0 Å². The number of hydrogen-bond donors (Lipinski definition) is 1. The molecule has 1 saturated heterocycles. The minimum atomic E-state index is 0. The first kappa shape index (κ1) is 18.5. The van der Waals surface area contributed by atoms with Gasteiger partial charge in [-0.15, -0.1) is 12.4 Å². The van der Waals surface area contributed by atoms with Crippen LogP contribution in [0.2, 0.25) is 5.02 Å². The van der Waals surface area contributed by atoms with Crippen molar-refractivity contribution >= 4 is 24.0 Å². The predicted molar refractivity (Wildman–Crippen MR) is 104 cm³/mol. The lowest BCUT2D eigenvalue weighted by Crippen LogP contribution is -2.44. The summed E-state index contributed by atoms with van der Waals surface area (Å²) in [5.41, 5.74) is 3.77. The number of benzene rings is 2. The smallest absolute Gasteiger partial charge is 0.125 e. The lowest BCUT2D eigenvalue weighted by atomic mass is 9.81. The summed E-state index contributed by atoms with van der Waals surface area (Å²) < 4.78 is 5.89. The van der Waals surface area contributed by atoms with Gasteiger partial charge in [-0.3, -0.25) is 5.84 Å². The molecule has 2 N–H and O–H groups in total. The summed E-state index contributed by atoms with van der Waals surface area (Å²) >= 11 is 6.34. The standard InChI is InChI=1S/C20H23ClN2O.ClH/c21-18-12-16-8-10-24-20(16)17(13-18)11-15-7-4-9-23(22)19(15)14-5-2-1-3-6-14;/h1-3,5-6,12-13,15,19H,4,7-11,22H2;1H/t15-,19+;/m0./s1. The van der Waals surface area contributed by atoms with Crippen molar-refractivity contribution in [1.29, 1.82) is 0 Å². The molecule has 5 heteroatoms. The Morgan fingerprint density at radius 3 is 2.80 bits per heavy atom. The molecule has 0 unspecified atom stereocenters. The van der Waals surface area contributed by atoms with Crippen molar-refractivity contribution in [3.63, 3.8) is 0 Å². The summed E-state index contributed by atoms with van der Waals surface area (Å²) in [6, 6.07) is 15.0. The van der Waals surface area contributed by atoms with Gasteiger partial charge in [0.2, 0.25) is 0 Å². The third-order valence-corrected chi connectivity index (χ3v) is 5.46. The summed E-state index contributed by atoms with van der Waals surface area (Å²) in [4.78, 5) is 0. The van der Waals surface area contributed by atoms with E-state index >= 15 is 0 Å². The van der Waals surface area contributed by atoms with Crippen molar-refractivity contribution in [1.82, 2.24) is 5.01 Å². The molecule has 2 aliphatic rings. The maximum Gasteiger partial charge on any atom is 0.125 e. The van der Waals surface area contributed by atoms with E-state index in [4.69, 9.17) is 22.2 Å². The highest BCUT2D eigenvalue weighted by atomic mass is 35.5. The minimum Gasteiger partial charge on any atom is -0.493 e. The average molecular weight is 379 g/mol. The highest BCUT2D eigenvalue weighted by Gasteiger charge is 2.32. The first-order valence-electron chi connectivity index (χ1n) is 8.73. The second-order valence-corrected chi connectivity index (χ2v) is 7.29. The van der Waals surface area contributed by atoms with Gasteiger partial charge in [0.05, 0.1) is 12.6 Å². The van der Waals surface area contributed by atoms with Crippen molar-refractivity contribution in [2.45, 2.75) is 31.7 Å². The zero-order chi connectivity index (χ0) is 16.5. The van der Waals surface area contributed by atoms with Gasteiger partial charge in [-0.25, -0.2) is 5.01 Å². The second kappa shape index (κ2) is 7.96. The van der Waals surface area contributed by atoms with E-state index in [-0.39, 0.29) is 18.4 Å². The van der Waals surface area contributed by atoms with E-state index in [9.17, 15) is 0 Å². The quantitative estimate of drug-likeness (QED) is 0.795. The molecule has 0 saturated carbocycles. The van der Waals surface area contributed by atoms with Crippen LogP contribution in [-0.2, 0) is 12.8 Å². The molecule has 134 valence electrons. The van der Waals surface area contributed by atoms with E-state index in [2.05, 4.69) is 36.4 Å². The van der Waals surface area contributed by atoms with Gasteiger partial charge in [0.15, 0.2) is 0 Å². The van der Waals surface area contributed by atoms with Crippen LogP contribution < -0.4 is 10.6 Å². The van der Waals surface area contributed by atoms with Crippen molar-refractivity contribution < 1.29 is 4.74 Å². The fourth-order valence-electron chi connectivity index (χ4n) is 4.21. The molecule has 2 aliphatic heterocycles. The number of nitrogens with zero attached hydrogens (tertiary/aromatic N) is 1. The van der Waals surface area contributed by atoms with Crippen molar-refractivity contribution in [2.75, 3.05) is 13.2 Å². The number of ether oxygens (including phenoxy) is 1. The van der Waals surface area contributed by atoms with E-state index in [1.54, 1.807) is 0 Å². The Balaban J connectivity index is 0.00000182. The largest absolute Gasteiger partial charge is 0.493 e. The van der Waals surface area contributed by atoms with E-state index in [1.165, 1.54) is 23.1 Å². The van der Waals surface area contributed by atoms with Crippen LogP contribution >= 0.6 is 24.0 Å². The lowest BCUT2D eigenvalue weighted by molar-refractivity contribution is 0.0922. The topological polar surface area (TPSA) is 38.5 Å². The molecule has 0 radical (unpaired) electrons. The van der Waals surface area contributed by atoms with Crippen LogP contribution in [0, 0.1) is 5.92 Å². The SMILES string of the molecule is Cl.NN1CCC[C@@H](Cc2cc(Cl)cc3c2OCC3)[C@H]1c1ccccc1. The van der Waals surface area contributed by atoms with Crippen LogP contribution in [0.1, 0.15) is 35.6 Å². The van der Waals surface area contributed by atoms with E-state index in [0.717, 1.165) is 43.2 Å². The molecule has 0 amide bonds. The number of rotatable bonds is 3. The Labute approximate surface area is 160 Å². The van der Waals surface area contributed by atoms with Crippen LogP contribution in [0.4, 0.5) is 0 Å². The van der Waals surface area contributed by atoms with Gasteiger partial charge in [0.1, 0.15) is 5.75 Å². The third-order valence-electron chi connectivity index (χ3n) is 5.24. The Hall–Kier alpha value is -1.26. The molecule has 2 aromatic carbocycles. The molecule has 0 aliphatic carbocycles. The first-order chi connectivity index (χ1) is 11.7. The lowest BCUT2D eigenvalue weighted by Gasteiger charge is -2.39. The molecule has 4 rings (SSSR count). The van der Waals surface area contributed by atoms with Gasteiger partial charge in [-0.2, -0.15) is 0 Å². The van der Waals surface area contributed by atoms with Crippen LogP contribution in [-0.4, -0.2) is 18.2 Å². The molecular weight excluding hydrogens is 355 g/mol. The zero-order valence-corrected chi connectivity index (χ0v) is 15.7. The molecule has 0 spiro atoms. The second-order valence-electron chi connectivity index (χ2n) is 6.85. The van der Waals surface area contributed by atoms with Crippen LogP contribution in [0.25, 0.3) is 0 Å². The van der Waals surface area contributed by atoms with E-state index in [0.29, 0.717) is 5.92 Å². The first-order valence-corrected chi connectivity index (χ1v) is 9.10. The fraction of sp³-hybridized carbons (Fsp3) is 0.400. The van der Waals surface area contributed by atoms with Crippen LogP contribution in [0.15, 0.2) is 42.5 Å².